The minimum Gasteiger partial charge on any atom is -0.286 e. The lowest BCUT2D eigenvalue weighted by molar-refractivity contribution is 0.103. The first-order valence-electron chi connectivity index (χ1n) is 3.52. The first kappa shape index (κ1) is 9.50. The van der Waals surface area contributed by atoms with Crippen molar-refractivity contribution in [3.05, 3.63) is 41.2 Å². The van der Waals surface area contributed by atoms with Crippen LogP contribution in [0, 0.1) is 12.3 Å². The summed E-state index contributed by atoms with van der Waals surface area (Å²) in [5, 5.41) is 0. The predicted octanol–water partition coefficient (Wildman–Crippen LogP) is 2.02. The van der Waals surface area contributed by atoms with E-state index in [1.807, 2.05) is 0 Å². The van der Waals surface area contributed by atoms with Gasteiger partial charge in [0.1, 0.15) is 5.69 Å². The number of nitrogens with zero attached hydrogens (tertiary/aromatic N) is 1. The summed E-state index contributed by atoms with van der Waals surface area (Å²) in [6.45, 7) is 0. The topological polar surface area (TPSA) is 30.0 Å². The van der Waals surface area contributed by atoms with Crippen molar-refractivity contribution in [2.24, 2.45) is 0 Å². The highest BCUT2D eigenvalue weighted by Gasteiger charge is 2.09. The highest BCUT2D eigenvalue weighted by atomic mass is 35.5. The number of aromatic nitrogens is 1. The summed E-state index contributed by atoms with van der Waals surface area (Å²) in [7, 11) is 0. The number of allylic oxidation sites excluding steroid dienone is 1. The van der Waals surface area contributed by atoms with Gasteiger partial charge in [0.15, 0.2) is 0 Å². The Morgan fingerprint density at radius 3 is 2.85 bits per heavy atom. The van der Waals surface area contributed by atoms with E-state index in [2.05, 4.69) is 10.9 Å². The van der Waals surface area contributed by atoms with E-state index in [-0.39, 0.29) is 11.4 Å². The Hall–Kier alpha value is -1.59. The minimum atomic E-state index is -0.335. The minimum absolute atomic E-state index is 0.111. The number of hydrogen-bond donors (Lipinski definition) is 0. The smallest absolute Gasteiger partial charge is 0.220 e. The number of pyridine rings is 1. The van der Waals surface area contributed by atoms with Crippen molar-refractivity contribution in [3.8, 4) is 12.3 Å². The Labute approximate surface area is 81.3 Å². The van der Waals surface area contributed by atoms with Crippen molar-refractivity contribution in [1.29, 1.82) is 0 Å². The number of carbonyl (C=O) groups is 1. The first-order chi connectivity index (χ1) is 6.29. The molecular formula is C10H6ClNO. The van der Waals surface area contributed by atoms with E-state index in [0.717, 1.165) is 5.54 Å². The maximum Gasteiger partial charge on any atom is 0.220 e. The fourth-order valence-electron chi connectivity index (χ4n) is 0.782. The average molecular weight is 192 g/mol. The number of halogens is 1. The van der Waals surface area contributed by atoms with Gasteiger partial charge in [-0.05, 0) is 12.1 Å². The van der Waals surface area contributed by atoms with E-state index in [1.165, 1.54) is 6.20 Å². The molecule has 0 radical (unpaired) electrons. The van der Waals surface area contributed by atoms with Crippen molar-refractivity contribution in [2.45, 2.75) is 0 Å². The summed E-state index contributed by atoms with van der Waals surface area (Å²) in [4.78, 5) is 15.3. The van der Waals surface area contributed by atoms with E-state index in [1.54, 1.807) is 18.2 Å². The molecular weight excluding hydrogens is 186 g/mol. The second kappa shape index (κ2) is 4.44. The van der Waals surface area contributed by atoms with Crippen LogP contribution in [0.4, 0.5) is 0 Å². The molecule has 0 aliphatic rings. The van der Waals surface area contributed by atoms with E-state index < -0.39 is 0 Å². The molecule has 0 N–H and O–H groups in total. The molecule has 0 aromatic carbocycles. The number of rotatable bonds is 2. The predicted molar refractivity (Wildman–Crippen MR) is 51.3 cm³/mol. The molecule has 64 valence electrons. The third-order valence-corrected chi connectivity index (χ3v) is 1.62. The van der Waals surface area contributed by atoms with Crippen LogP contribution in [-0.2, 0) is 0 Å². The van der Waals surface area contributed by atoms with Gasteiger partial charge in [-0.2, -0.15) is 0 Å². The fraction of sp³-hybridized carbons (Fsp3) is 0. The molecule has 1 aromatic rings. The summed E-state index contributed by atoms with van der Waals surface area (Å²) < 4.78 is 0. The molecule has 0 saturated carbocycles. The van der Waals surface area contributed by atoms with E-state index >= 15 is 0 Å². The van der Waals surface area contributed by atoms with Gasteiger partial charge >= 0.3 is 0 Å². The zero-order chi connectivity index (χ0) is 9.68. The van der Waals surface area contributed by atoms with Crippen LogP contribution in [0.5, 0.6) is 0 Å². The van der Waals surface area contributed by atoms with Crippen LogP contribution < -0.4 is 0 Å². The first-order valence-corrected chi connectivity index (χ1v) is 3.96. The van der Waals surface area contributed by atoms with Crippen molar-refractivity contribution < 1.29 is 4.79 Å². The van der Waals surface area contributed by atoms with Gasteiger partial charge in [-0.3, -0.25) is 9.78 Å². The molecule has 2 nitrogen and oxygen atoms in total. The second-order valence-corrected chi connectivity index (χ2v) is 2.43. The Morgan fingerprint density at radius 2 is 2.38 bits per heavy atom. The Bertz CT molecular complexity index is 376. The van der Waals surface area contributed by atoms with Gasteiger partial charge in [-0.1, -0.05) is 23.6 Å². The lowest BCUT2D eigenvalue weighted by atomic mass is 10.1. The van der Waals surface area contributed by atoms with Crippen molar-refractivity contribution in [2.75, 3.05) is 0 Å². The van der Waals surface area contributed by atoms with Crippen LogP contribution in [0.3, 0.4) is 0 Å². The Balaban J connectivity index is 3.01. The molecule has 0 saturated heterocycles. The van der Waals surface area contributed by atoms with Gasteiger partial charge < -0.3 is 0 Å². The maximum absolute atomic E-state index is 11.4. The van der Waals surface area contributed by atoms with Crippen molar-refractivity contribution >= 4 is 17.4 Å². The number of terminal acetylenes is 1. The third kappa shape index (κ3) is 2.17. The molecule has 0 unspecified atom stereocenters. The largest absolute Gasteiger partial charge is 0.286 e. The number of carbonyl (C=O) groups excluding carboxylic acids is 1. The van der Waals surface area contributed by atoms with E-state index in [9.17, 15) is 4.79 Å². The van der Waals surface area contributed by atoms with Gasteiger partial charge in [0.25, 0.3) is 0 Å². The zero-order valence-electron chi connectivity index (χ0n) is 6.70. The SMILES string of the molecule is C#C/C(=C/Cl)C(=O)c1ccccn1. The quantitative estimate of drug-likeness (QED) is 0.407. The second-order valence-electron chi connectivity index (χ2n) is 2.21. The van der Waals surface area contributed by atoms with Crippen molar-refractivity contribution in [1.82, 2.24) is 4.98 Å². The van der Waals surface area contributed by atoms with Gasteiger partial charge in [-0.25, -0.2) is 0 Å². The van der Waals surface area contributed by atoms with Crippen molar-refractivity contribution in [3.63, 3.8) is 0 Å². The molecule has 0 bridgehead atoms. The lowest BCUT2D eigenvalue weighted by Crippen LogP contribution is -2.03. The van der Waals surface area contributed by atoms with Gasteiger partial charge in [-0.15, -0.1) is 6.42 Å². The number of ketones is 1. The Kier molecular flexibility index (Phi) is 3.24. The highest BCUT2D eigenvalue weighted by molar-refractivity contribution is 6.29. The molecule has 0 aliphatic carbocycles. The monoisotopic (exact) mass is 191 g/mol. The molecule has 0 fully saturated rings. The van der Waals surface area contributed by atoms with E-state index in [4.69, 9.17) is 18.0 Å². The van der Waals surface area contributed by atoms with Crippen LogP contribution in [0.15, 0.2) is 35.5 Å². The van der Waals surface area contributed by atoms with Gasteiger partial charge in [0, 0.05) is 11.7 Å². The van der Waals surface area contributed by atoms with Crippen LogP contribution in [-0.4, -0.2) is 10.8 Å². The van der Waals surface area contributed by atoms with E-state index in [0.29, 0.717) is 5.69 Å². The summed E-state index contributed by atoms with van der Waals surface area (Å²) in [5.74, 6) is 1.85. The number of Topliss-reactive ketones (excluding diaryl/α,β-unsaturated/α-hetero) is 1. The molecule has 1 rings (SSSR count). The molecule has 0 amide bonds. The highest BCUT2D eigenvalue weighted by Crippen LogP contribution is 2.05. The lowest BCUT2D eigenvalue weighted by Gasteiger charge is -1.96. The molecule has 0 spiro atoms. The molecule has 1 aromatic heterocycles. The average Bonchev–Trinajstić information content (AvgIpc) is 2.21. The third-order valence-electron chi connectivity index (χ3n) is 1.41. The molecule has 13 heavy (non-hydrogen) atoms. The fourth-order valence-corrected chi connectivity index (χ4v) is 0.944. The maximum atomic E-state index is 11.4. The summed E-state index contributed by atoms with van der Waals surface area (Å²) in [6, 6.07) is 5.01. The van der Waals surface area contributed by atoms with Crippen LogP contribution >= 0.6 is 11.6 Å². The normalized spacial score (nSPS) is 10.6. The van der Waals surface area contributed by atoms with Crippen LogP contribution in [0.1, 0.15) is 10.5 Å². The standard InChI is InChI=1S/C10H6ClNO/c1-2-8(7-11)10(13)9-5-3-4-6-12-9/h1,3-7H/b8-7-. The zero-order valence-corrected chi connectivity index (χ0v) is 7.45. The summed E-state index contributed by atoms with van der Waals surface area (Å²) >= 11 is 5.36. The molecule has 3 heteroatoms. The van der Waals surface area contributed by atoms with Crippen LogP contribution in [0.2, 0.25) is 0 Å². The number of hydrogen-bond acceptors (Lipinski definition) is 2. The van der Waals surface area contributed by atoms with Gasteiger partial charge in [0.05, 0.1) is 5.57 Å². The van der Waals surface area contributed by atoms with Gasteiger partial charge in [0.2, 0.25) is 5.78 Å². The summed E-state index contributed by atoms with van der Waals surface area (Å²) in [6.07, 6.45) is 6.59. The summed E-state index contributed by atoms with van der Waals surface area (Å²) in [5.41, 5.74) is 1.49. The molecule has 1 heterocycles. The Morgan fingerprint density at radius 1 is 1.62 bits per heavy atom. The molecule has 0 atom stereocenters. The molecule has 0 aliphatic heterocycles. The van der Waals surface area contributed by atoms with Crippen LogP contribution in [0.25, 0.3) is 0 Å².